The van der Waals surface area contributed by atoms with Crippen LogP contribution in [0.3, 0.4) is 0 Å². The van der Waals surface area contributed by atoms with E-state index in [0.29, 0.717) is 0 Å². The molecule has 0 atom stereocenters. The molecule has 13 heavy (non-hydrogen) atoms. The van der Waals surface area contributed by atoms with Gasteiger partial charge in [-0.2, -0.15) is 17.7 Å². The fraction of sp³-hybridized carbons (Fsp3) is 0.100. The molecule has 0 spiro atoms. The number of aromatic amines is 1. The van der Waals surface area contributed by atoms with Gasteiger partial charge in [0.25, 0.3) is 0 Å². The van der Waals surface area contributed by atoms with E-state index in [-0.39, 0.29) is 0 Å². The van der Waals surface area contributed by atoms with E-state index in [0.717, 1.165) is 17.0 Å². The largest absolute Gasteiger partial charge is 0.278 e. The highest BCUT2D eigenvalue weighted by molar-refractivity contribution is 7.79. The number of nitrogens with one attached hydrogen (secondary N) is 1. The van der Waals surface area contributed by atoms with Crippen LogP contribution in [0.2, 0.25) is 0 Å². The van der Waals surface area contributed by atoms with E-state index < -0.39 is 0 Å². The molecule has 0 radical (unpaired) electrons. The van der Waals surface area contributed by atoms with Crippen molar-refractivity contribution in [2.75, 3.05) is 0 Å². The van der Waals surface area contributed by atoms with Crippen LogP contribution in [-0.2, 0) is 5.75 Å². The van der Waals surface area contributed by atoms with Gasteiger partial charge in [0.05, 0.1) is 5.69 Å². The Labute approximate surface area is 82.4 Å². The van der Waals surface area contributed by atoms with Gasteiger partial charge in [0.1, 0.15) is 0 Å². The third-order valence-corrected chi connectivity index (χ3v) is 2.29. The quantitative estimate of drug-likeness (QED) is 0.700. The van der Waals surface area contributed by atoms with Crippen LogP contribution in [0.4, 0.5) is 0 Å². The molecule has 1 aromatic carbocycles. The predicted octanol–water partition coefficient (Wildman–Crippen LogP) is 2.51. The van der Waals surface area contributed by atoms with Crippen molar-refractivity contribution in [2.45, 2.75) is 5.75 Å². The number of H-pyrrole nitrogens is 1. The number of nitrogens with zero attached hydrogens (tertiary/aromatic N) is 1. The van der Waals surface area contributed by atoms with E-state index in [2.05, 4.69) is 41.0 Å². The zero-order chi connectivity index (χ0) is 9.10. The average Bonchev–Trinajstić information content (AvgIpc) is 2.71. The summed E-state index contributed by atoms with van der Waals surface area (Å²) in [7, 11) is 0. The van der Waals surface area contributed by atoms with Gasteiger partial charge in [0.15, 0.2) is 0 Å². The molecule has 1 heterocycles. The van der Waals surface area contributed by atoms with Gasteiger partial charge in [-0.3, -0.25) is 5.10 Å². The average molecular weight is 190 g/mol. The Morgan fingerprint density at radius 1 is 1.31 bits per heavy atom. The highest BCUT2D eigenvalue weighted by Crippen LogP contribution is 2.17. The molecular formula is C10H10N2S. The second-order valence-electron chi connectivity index (χ2n) is 2.83. The Hall–Kier alpha value is -1.22. The second-order valence-corrected chi connectivity index (χ2v) is 3.15. The van der Waals surface area contributed by atoms with Crippen molar-refractivity contribution in [3.8, 4) is 11.3 Å². The predicted molar refractivity (Wildman–Crippen MR) is 56.7 cm³/mol. The molecule has 0 saturated carbocycles. The molecule has 2 aromatic rings. The molecule has 0 bridgehead atoms. The number of hydrogen-bond donors (Lipinski definition) is 2. The summed E-state index contributed by atoms with van der Waals surface area (Å²) in [5.41, 5.74) is 3.42. The number of benzene rings is 1. The molecule has 0 aliphatic heterocycles. The zero-order valence-corrected chi connectivity index (χ0v) is 7.96. The lowest BCUT2D eigenvalue weighted by molar-refractivity contribution is 1.09. The summed E-state index contributed by atoms with van der Waals surface area (Å²) in [5.74, 6) is 0.766. The highest BCUT2D eigenvalue weighted by Gasteiger charge is 1.98. The minimum atomic E-state index is 0.766. The summed E-state index contributed by atoms with van der Waals surface area (Å²) in [6.45, 7) is 0. The van der Waals surface area contributed by atoms with Crippen molar-refractivity contribution < 1.29 is 0 Å². The molecule has 0 aliphatic rings. The van der Waals surface area contributed by atoms with Crippen LogP contribution in [0, 0.1) is 0 Å². The van der Waals surface area contributed by atoms with Crippen LogP contribution < -0.4 is 0 Å². The monoisotopic (exact) mass is 190 g/mol. The molecule has 3 heteroatoms. The fourth-order valence-electron chi connectivity index (χ4n) is 1.25. The van der Waals surface area contributed by atoms with E-state index in [9.17, 15) is 0 Å². The topological polar surface area (TPSA) is 28.7 Å². The highest BCUT2D eigenvalue weighted by atomic mass is 32.1. The molecular weight excluding hydrogens is 180 g/mol. The molecule has 1 N–H and O–H groups in total. The lowest BCUT2D eigenvalue weighted by Gasteiger charge is -1.99. The Balaban J connectivity index is 2.41. The standard InChI is InChI=1S/C10H10N2S/c13-7-8-2-1-3-9(6-8)10-4-5-11-12-10/h1-6,13H,7H2,(H,11,12). The number of aromatic nitrogens is 2. The maximum atomic E-state index is 4.23. The first-order valence-corrected chi connectivity index (χ1v) is 4.73. The molecule has 0 aliphatic carbocycles. The summed E-state index contributed by atoms with van der Waals surface area (Å²) in [6, 6.07) is 10.2. The molecule has 0 amide bonds. The first-order chi connectivity index (χ1) is 6.40. The van der Waals surface area contributed by atoms with Crippen molar-refractivity contribution in [3.05, 3.63) is 42.1 Å². The molecule has 2 rings (SSSR count). The van der Waals surface area contributed by atoms with E-state index in [4.69, 9.17) is 0 Å². The Morgan fingerprint density at radius 3 is 2.92 bits per heavy atom. The van der Waals surface area contributed by atoms with Gasteiger partial charge in [0, 0.05) is 11.9 Å². The Morgan fingerprint density at radius 2 is 2.23 bits per heavy atom. The van der Waals surface area contributed by atoms with Crippen LogP contribution in [0.1, 0.15) is 5.56 Å². The van der Waals surface area contributed by atoms with Crippen molar-refractivity contribution in [1.29, 1.82) is 0 Å². The third-order valence-electron chi connectivity index (χ3n) is 1.92. The van der Waals surface area contributed by atoms with Crippen LogP contribution in [0.15, 0.2) is 36.5 Å². The van der Waals surface area contributed by atoms with E-state index >= 15 is 0 Å². The summed E-state index contributed by atoms with van der Waals surface area (Å²) in [5, 5.41) is 6.84. The zero-order valence-electron chi connectivity index (χ0n) is 7.07. The van der Waals surface area contributed by atoms with Crippen LogP contribution in [-0.4, -0.2) is 10.2 Å². The van der Waals surface area contributed by atoms with Crippen molar-refractivity contribution in [1.82, 2.24) is 10.2 Å². The van der Waals surface area contributed by atoms with Crippen molar-refractivity contribution >= 4 is 12.6 Å². The first-order valence-electron chi connectivity index (χ1n) is 4.09. The van der Waals surface area contributed by atoms with Gasteiger partial charge in [-0.25, -0.2) is 0 Å². The normalized spacial score (nSPS) is 10.2. The first kappa shape index (κ1) is 8.38. The van der Waals surface area contributed by atoms with Gasteiger partial charge in [-0.15, -0.1) is 0 Å². The van der Waals surface area contributed by atoms with Crippen LogP contribution in [0.25, 0.3) is 11.3 Å². The second kappa shape index (κ2) is 3.66. The molecule has 0 fully saturated rings. The van der Waals surface area contributed by atoms with Crippen molar-refractivity contribution in [3.63, 3.8) is 0 Å². The molecule has 0 unspecified atom stereocenters. The maximum absolute atomic E-state index is 4.23. The number of rotatable bonds is 2. The summed E-state index contributed by atoms with van der Waals surface area (Å²) < 4.78 is 0. The minimum absolute atomic E-state index is 0.766. The smallest absolute Gasteiger partial charge is 0.0650 e. The van der Waals surface area contributed by atoms with Gasteiger partial charge in [-0.1, -0.05) is 18.2 Å². The van der Waals surface area contributed by atoms with E-state index in [1.807, 2.05) is 12.1 Å². The van der Waals surface area contributed by atoms with Crippen LogP contribution >= 0.6 is 12.6 Å². The Kier molecular flexibility index (Phi) is 2.36. The van der Waals surface area contributed by atoms with Gasteiger partial charge < -0.3 is 0 Å². The third kappa shape index (κ3) is 1.75. The van der Waals surface area contributed by atoms with E-state index in [1.165, 1.54) is 5.56 Å². The van der Waals surface area contributed by atoms with Gasteiger partial charge >= 0.3 is 0 Å². The molecule has 0 saturated heterocycles. The molecule has 1 aromatic heterocycles. The number of thiol groups is 1. The summed E-state index contributed by atoms with van der Waals surface area (Å²) in [4.78, 5) is 0. The summed E-state index contributed by atoms with van der Waals surface area (Å²) >= 11 is 4.23. The molecule has 2 nitrogen and oxygen atoms in total. The lowest BCUT2D eigenvalue weighted by Crippen LogP contribution is -1.81. The fourth-order valence-corrected chi connectivity index (χ4v) is 1.45. The van der Waals surface area contributed by atoms with Gasteiger partial charge in [0.2, 0.25) is 0 Å². The van der Waals surface area contributed by atoms with Gasteiger partial charge in [-0.05, 0) is 23.3 Å². The molecule has 66 valence electrons. The minimum Gasteiger partial charge on any atom is -0.278 e. The lowest BCUT2D eigenvalue weighted by atomic mass is 10.1. The van der Waals surface area contributed by atoms with E-state index in [1.54, 1.807) is 6.20 Å². The Bertz CT molecular complexity index is 382. The number of hydrogen-bond acceptors (Lipinski definition) is 2. The maximum Gasteiger partial charge on any atom is 0.0650 e. The summed E-state index contributed by atoms with van der Waals surface area (Å²) in [6.07, 6.45) is 1.75. The van der Waals surface area contributed by atoms with Crippen LogP contribution in [0.5, 0.6) is 0 Å². The SMILES string of the molecule is SCc1cccc(-c2ccn[nH]2)c1. The van der Waals surface area contributed by atoms with Crippen molar-refractivity contribution in [2.24, 2.45) is 0 Å².